The standard InChI is InChI=1S/C24H25ClN6O6/c1-37-21(32)24(9-4-6-15-5-2-3-7-17(15)24)13-18-19(31(35)36)20(28-22(25)27-18)30-12-11-29(23(33)34)14-16(30)8-10-26/h2-3,5,7,16H,4,6,8-9,11-14H2,1H3,(H,33,34). The molecule has 2 atom stereocenters. The highest BCUT2D eigenvalue weighted by Gasteiger charge is 2.47. The van der Waals surface area contributed by atoms with Crippen molar-refractivity contribution in [2.24, 2.45) is 0 Å². The van der Waals surface area contributed by atoms with Crippen LogP contribution in [0, 0.1) is 21.4 Å². The number of carbonyl (C=O) groups is 2. The second kappa shape index (κ2) is 10.6. The van der Waals surface area contributed by atoms with Crippen molar-refractivity contribution in [3.05, 3.63) is 56.5 Å². The third kappa shape index (κ3) is 4.86. The number of carbonyl (C=O) groups excluding carboxylic acids is 1. The molecular formula is C24H25ClN6O6. The number of aryl methyl sites for hydroxylation is 1. The fraction of sp³-hybridized carbons (Fsp3) is 0.458. The quantitative estimate of drug-likeness (QED) is 0.255. The fourth-order valence-corrected chi connectivity index (χ4v) is 5.61. The summed E-state index contributed by atoms with van der Waals surface area (Å²) in [6.07, 6.45) is 0.467. The first-order valence-corrected chi connectivity index (χ1v) is 12.1. The molecule has 13 heteroatoms. The van der Waals surface area contributed by atoms with Crippen molar-refractivity contribution in [3.8, 4) is 6.07 Å². The molecule has 0 spiro atoms. The third-order valence-corrected chi connectivity index (χ3v) is 7.24. The van der Waals surface area contributed by atoms with Gasteiger partial charge in [-0.3, -0.25) is 14.9 Å². The van der Waals surface area contributed by atoms with Gasteiger partial charge in [0.15, 0.2) is 0 Å². The van der Waals surface area contributed by atoms with Gasteiger partial charge in [0.2, 0.25) is 11.1 Å². The molecule has 0 saturated carbocycles. The predicted molar refractivity (Wildman–Crippen MR) is 131 cm³/mol. The first-order chi connectivity index (χ1) is 17.7. The highest BCUT2D eigenvalue weighted by Crippen LogP contribution is 2.44. The van der Waals surface area contributed by atoms with Gasteiger partial charge in [0.25, 0.3) is 0 Å². The maximum absolute atomic E-state index is 13.3. The molecule has 1 aromatic carbocycles. The largest absolute Gasteiger partial charge is 0.468 e. The van der Waals surface area contributed by atoms with Crippen molar-refractivity contribution < 1.29 is 24.4 Å². The van der Waals surface area contributed by atoms with Gasteiger partial charge < -0.3 is 19.6 Å². The Labute approximate surface area is 217 Å². The van der Waals surface area contributed by atoms with Crippen molar-refractivity contribution in [1.82, 2.24) is 14.9 Å². The summed E-state index contributed by atoms with van der Waals surface area (Å²) in [6, 6.07) is 8.76. The Morgan fingerprint density at radius 3 is 2.78 bits per heavy atom. The molecule has 2 aromatic rings. The van der Waals surface area contributed by atoms with E-state index in [1.54, 1.807) is 0 Å². The Bertz CT molecular complexity index is 1280. The van der Waals surface area contributed by atoms with Crippen molar-refractivity contribution in [2.45, 2.75) is 43.6 Å². The van der Waals surface area contributed by atoms with Crippen LogP contribution in [0.15, 0.2) is 24.3 Å². The zero-order valence-corrected chi connectivity index (χ0v) is 20.8. The van der Waals surface area contributed by atoms with Crippen LogP contribution in [-0.2, 0) is 27.8 Å². The second-order valence-electron chi connectivity index (χ2n) is 9.07. The molecule has 1 N–H and O–H groups in total. The van der Waals surface area contributed by atoms with Crippen LogP contribution >= 0.6 is 11.6 Å². The van der Waals surface area contributed by atoms with Crippen molar-refractivity contribution in [1.29, 1.82) is 5.26 Å². The molecule has 0 radical (unpaired) electrons. The topological polar surface area (TPSA) is 163 Å². The van der Waals surface area contributed by atoms with Crippen LogP contribution in [-0.4, -0.2) is 69.7 Å². The summed E-state index contributed by atoms with van der Waals surface area (Å²) >= 11 is 6.27. The van der Waals surface area contributed by atoms with Gasteiger partial charge in [0.05, 0.1) is 36.0 Å². The van der Waals surface area contributed by atoms with E-state index in [0.29, 0.717) is 12.8 Å². The Morgan fingerprint density at radius 1 is 1.35 bits per heavy atom. The molecule has 1 amide bonds. The molecule has 4 rings (SSSR count). The highest BCUT2D eigenvalue weighted by atomic mass is 35.5. The van der Waals surface area contributed by atoms with E-state index in [-0.39, 0.29) is 49.3 Å². The number of hydrogen-bond acceptors (Lipinski definition) is 9. The molecule has 37 heavy (non-hydrogen) atoms. The molecule has 194 valence electrons. The smallest absolute Gasteiger partial charge is 0.407 e. The SMILES string of the molecule is COC(=O)C1(Cc2nc(Cl)nc(N3CCN(C(=O)O)CC3CC#N)c2[N+](=O)[O-])CCCc2ccccc21. The summed E-state index contributed by atoms with van der Waals surface area (Å²) in [4.78, 5) is 47.6. The predicted octanol–water partition coefficient (Wildman–Crippen LogP) is 3.11. The molecule has 2 unspecified atom stereocenters. The van der Waals surface area contributed by atoms with Crippen LogP contribution in [0.5, 0.6) is 0 Å². The number of fused-ring (bicyclic) bond motifs is 1. The number of esters is 1. The van der Waals surface area contributed by atoms with Crippen LogP contribution in [0.25, 0.3) is 0 Å². The minimum Gasteiger partial charge on any atom is -0.468 e. The molecule has 1 saturated heterocycles. The number of carboxylic acid groups (broad SMARTS) is 1. The number of nitrogens with zero attached hydrogens (tertiary/aromatic N) is 6. The number of nitro groups is 1. The lowest BCUT2D eigenvalue weighted by atomic mass is 9.67. The summed E-state index contributed by atoms with van der Waals surface area (Å²) in [5.41, 5.74) is 0.0234. The number of anilines is 1. The molecule has 12 nitrogen and oxygen atoms in total. The van der Waals surface area contributed by atoms with E-state index < -0.39 is 34.1 Å². The number of aromatic nitrogens is 2. The Kier molecular flexibility index (Phi) is 7.45. The summed E-state index contributed by atoms with van der Waals surface area (Å²) in [5.74, 6) is -0.628. The van der Waals surface area contributed by atoms with Gasteiger partial charge in [-0.25, -0.2) is 9.78 Å². The Hall–Kier alpha value is -3.98. The van der Waals surface area contributed by atoms with Gasteiger partial charge in [0.1, 0.15) is 5.69 Å². The molecule has 1 aliphatic heterocycles. The number of amides is 1. The van der Waals surface area contributed by atoms with Crippen molar-refractivity contribution in [3.63, 3.8) is 0 Å². The zero-order chi connectivity index (χ0) is 26.7. The van der Waals surface area contributed by atoms with Gasteiger partial charge in [-0.2, -0.15) is 10.2 Å². The van der Waals surface area contributed by atoms with Crippen LogP contribution in [0.4, 0.5) is 16.3 Å². The van der Waals surface area contributed by atoms with E-state index in [2.05, 4.69) is 9.97 Å². The number of ether oxygens (including phenoxy) is 1. The first kappa shape index (κ1) is 26.1. The third-order valence-electron chi connectivity index (χ3n) is 7.07. The fourth-order valence-electron chi connectivity index (χ4n) is 5.43. The lowest BCUT2D eigenvalue weighted by molar-refractivity contribution is -0.385. The number of hydrogen-bond donors (Lipinski definition) is 1. The van der Waals surface area contributed by atoms with Crippen LogP contribution in [0.2, 0.25) is 5.28 Å². The average molecular weight is 529 g/mol. The summed E-state index contributed by atoms with van der Waals surface area (Å²) in [6.45, 7) is 0.0958. The number of piperazine rings is 1. The van der Waals surface area contributed by atoms with E-state index >= 15 is 0 Å². The number of methoxy groups -OCH3 is 1. The van der Waals surface area contributed by atoms with E-state index in [4.69, 9.17) is 16.3 Å². The summed E-state index contributed by atoms with van der Waals surface area (Å²) in [7, 11) is 1.28. The molecule has 2 heterocycles. The van der Waals surface area contributed by atoms with Gasteiger partial charge in [-0.05, 0) is 42.0 Å². The first-order valence-electron chi connectivity index (χ1n) is 11.7. The van der Waals surface area contributed by atoms with E-state index in [1.807, 2.05) is 30.3 Å². The van der Waals surface area contributed by atoms with E-state index in [9.17, 15) is 30.1 Å². The molecule has 0 bridgehead atoms. The van der Waals surface area contributed by atoms with Gasteiger partial charge >= 0.3 is 17.7 Å². The maximum Gasteiger partial charge on any atom is 0.407 e. The lowest BCUT2D eigenvalue weighted by Gasteiger charge is -2.40. The monoisotopic (exact) mass is 528 g/mol. The second-order valence-corrected chi connectivity index (χ2v) is 9.41. The van der Waals surface area contributed by atoms with Gasteiger partial charge in [0, 0.05) is 26.1 Å². The minimum atomic E-state index is -1.21. The maximum atomic E-state index is 13.3. The van der Waals surface area contributed by atoms with Crippen LogP contribution in [0.1, 0.15) is 36.1 Å². The summed E-state index contributed by atoms with van der Waals surface area (Å²) in [5, 5.41) is 30.9. The van der Waals surface area contributed by atoms with Gasteiger partial charge in [-0.1, -0.05) is 24.3 Å². The van der Waals surface area contributed by atoms with Crippen LogP contribution < -0.4 is 4.90 Å². The lowest BCUT2D eigenvalue weighted by Crippen LogP contribution is -2.55. The van der Waals surface area contributed by atoms with E-state index in [1.165, 1.54) is 12.0 Å². The van der Waals surface area contributed by atoms with E-state index in [0.717, 1.165) is 22.4 Å². The molecule has 1 fully saturated rings. The Morgan fingerprint density at radius 2 is 2.11 bits per heavy atom. The number of rotatable bonds is 6. The molecule has 1 aliphatic carbocycles. The molecular weight excluding hydrogens is 504 g/mol. The highest BCUT2D eigenvalue weighted by molar-refractivity contribution is 6.28. The number of halogens is 1. The van der Waals surface area contributed by atoms with Crippen molar-refractivity contribution >= 4 is 35.2 Å². The number of benzene rings is 1. The van der Waals surface area contributed by atoms with Crippen LogP contribution in [0.3, 0.4) is 0 Å². The molecule has 2 aliphatic rings. The normalized spacial score (nSPS) is 21.1. The Balaban J connectivity index is 1.85. The molecule has 1 aromatic heterocycles. The summed E-state index contributed by atoms with van der Waals surface area (Å²) < 4.78 is 5.19. The average Bonchev–Trinajstić information content (AvgIpc) is 2.87. The van der Waals surface area contributed by atoms with Crippen molar-refractivity contribution in [2.75, 3.05) is 31.6 Å². The minimum absolute atomic E-state index is 0.0292. The zero-order valence-electron chi connectivity index (χ0n) is 20.1. The number of nitriles is 1. The van der Waals surface area contributed by atoms with Gasteiger partial charge in [-0.15, -0.1) is 0 Å².